The summed E-state index contributed by atoms with van der Waals surface area (Å²) in [6.07, 6.45) is 2.38. The maximum atomic E-state index is 12.7. The number of ether oxygens (including phenoxy) is 1. The summed E-state index contributed by atoms with van der Waals surface area (Å²) in [5, 5.41) is 3.58. The van der Waals surface area contributed by atoms with Crippen molar-refractivity contribution < 1.29 is 14.3 Å². The van der Waals surface area contributed by atoms with Crippen molar-refractivity contribution >= 4 is 35.0 Å². The minimum absolute atomic E-state index is 0.0803. The first-order valence-electron chi connectivity index (χ1n) is 11.6. The van der Waals surface area contributed by atoms with Crippen LogP contribution in [0.5, 0.6) is 0 Å². The van der Waals surface area contributed by atoms with Crippen molar-refractivity contribution in [3.8, 4) is 0 Å². The largest absolute Gasteiger partial charge is 0.463 e. The van der Waals surface area contributed by atoms with Gasteiger partial charge >= 0.3 is 5.97 Å². The molecule has 3 rings (SSSR count). The third-order valence-electron chi connectivity index (χ3n) is 5.45. The molecular formula is C26H31N3O4S. The lowest BCUT2D eigenvalue weighted by atomic mass is 10.0. The van der Waals surface area contributed by atoms with Crippen LogP contribution in [0, 0.1) is 4.77 Å². The highest BCUT2D eigenvalue weighted by Gasteiger charge is 2.19. The second-order valence-corrected chi connectivity index (χ2v) is 8.90. The Hall–Kier alpha value is -3.26. The van der Waals surface area contributed by atoms with Crippen LogP contribution in [0.3, 0.4) is 0 Å². The lowest BCUT2D eigenvalue weighted by Crippen LogP contribution is -2.31. The highest BCUT2D eigenvalue weighted by molar-refractivity contribution is 7.71. The lowest BCUT2D eigenvalue weighted by molar-refractivity contribution is -0.148. The Morgan fingerprint density at radius 1 is 1.03 bits per heavy atom. The first kappa shape index (κ1) is 25.4. The number of para-hydroxylation sites is 1. The summed E-state index contributed by atoms with van der Waals surface area (Å²) in [4.78, 5) is 40.6. The van der Waals surface area contributed by atoms with E-state index in [1.165, 1.54) is 0 Å². The van der Waals surface area contributed by atoms with Gasteiger partial charge in [0.1, 0.15) is 0 Å². The molecule has 0 bridgehead atoms. The van der Waals surface area contributed by atoms with Crippen LogP contribution in [0.2, 0.25) is 0 Å². The Balaban J connectivity index is 1.51. The SMILES string of the molecule is CC(C)OC(=O)CC(NC(=O)CCCCCn1c(=S)[nH]c2ccccc2c1=O)c1ccccc1. The van der Waals surface area contributed by atoms with E-state index >= 15 is 0 Å². The van der Waals surface area contributed by atoms with Crippen LogP contribution in [-0.2, 0) is 20.9 Å². The molecule has 2 N–H and O–H groups in total. The van der Waals surface area contributed by atoms with E-state index in [0.717, 1.165) is 23.9 Å². The number of rotatable bonds is 11. The summed E-state index contributed by atoms with van der Waals surface area (Å²) >= 11 is 5.35. The molecular weight excluding hydrogens is 450 g/mol. The molecule has 0 fully saturated rings. The van der Waals surface area contributed by atoms with Crippen molar-refractivity contribution in [1.82, 2.24) is 14.9 Å². The third-order valence-corrected chi connectivity index (χ3v) is 5.77. The normalized spacial score (nSPS) is 12.0. The molecule has 3 aromatic rings. The smallest absolute Gasteiger partial charge is 0.308 e. The fourth-order valence-electron chi connectivity index (χ4n) is 3.82. The summed E-state index contributed by atoms with van der Waals surface area (Å²) in [5.74, 6) is -0.465. The molecule has 1 unspecified atom stereocenters. The minimum atomic E-state index is -0.436. The minimum Gasteiger partial charge on any atom is -0.463 e. The molecule has 7 nitrogen and oxygen atoms in total. The number of hydrogen-bond donors (Lipinski definition) is 2. The average Bonchev–Trinajstić information content (AvgIpc) is 2.80. The molecule has 1 atom stereocenters. The number of H-pyrrole nitrogens is 1. The van der Waals surface area contributed by atoms with Gasteiger partial charge < -0.3 is 15.0 Å². The van der Waals surface area contributed by atoms with Gasteiger partial charge in [-0.1, -0.05) is 48.9 Å². The third kappa shape index (κ3) is 7.12. The van der Waals surface area contributed by atoms with Crippen LogP contribution in [0.15, 0.2) is 59.4 Å². The molecule has 34 heavy (non-hydrogen) atoms. The zero-order valence-corrected chi connectivity index (χ0v) is 20.4. The summed E-state index contributed by atoms with van der Waals surface area (Å²) in [6.45, 7) is 4.09. The molecule has 180 valence electrons. The number of carbonyl (C=O) groups is 2. The average molecular weight is 482 g/mol. The maximum absolute atomic E-state index is 12.7. The topological polar surface area (TPSA) is 93.2 Å². The molecule has 8 heteroatoms. The van der Waals surface area contributed by atoms with E-state index in [4.69, 9.17) is 17.0 Å². The first-order chi connectivity index (χ1) is 16.3. The molecule has 0 aliphatic carbocycles. The van der Waals surface area contributed by atoms with Crippen molar-refractivity contribution in [2.24, 2.45) is 0 Å². The summed E-state index contributed by atoms with van der Waals surface area (Å²) in [5.41, 5.74) is 1.49. The van der Waals surface area contributed by atoms with Gasteiger partial charge in [-0.05, 0) is 56.6 Å². The predicted octanol–water partition coefficient (Wildman–Crippen LogP) is 4.82. The number of carbonyl (C=O) groups excluding carboxylic acids is 2. The molecule has 1 heterocycles. The van der Waals surface area contributed by atoms with Gasteiger partial charge in [0, 0.05) is 13.0 Å². The maximum Gasteiger partial charge on any atom is 0.308 e. The van der Waals surface area contributed by atoms with E-state index < -0.39 is 6.04 Å². The fraction of sp³-hybridized carbons (Fsp3) is 0.385. The number of amides is 1. The quantitative estimate of drug-likeness (QED) is 0.233. The van der Waals surface area contributed by atoms with Gasteiger partial charge in [-0.2, -0.15) is 0 Å². The number of hydrogen-bond acceptors (Lipinski definition) is 5. The van der Waals surface area contributed by atoms with E-state index in [9.17, 15) is 14.4 Å². The lowest BCUT2D eigenvalue weighted by Gasteiger charge is -2.19. The van der Waals surface area contributed by atoms with Gasteiger partial charge in [0.05, 0.1) is 29.5 Å². The number of aromatic nitrogens is 2. The Morgan fingerprint density at radius 2 is 1.74 bits per heavy atom. The monoisotopic (exact) mass is 481 g/mol. The molecule has 0 spiro atoms. The Kier molecular flexibility index (Phi) is 9.16. The van der Waals surface area contributed by atoms with Gasteiger partial charge in [0.25, 0.3) is 5.56 Å². The van der Waals surface area contributed by atoms with Gasteiger partial charge in [-0.3, -0.25) is 19.0 Å². The van der Waals surface area contributed by atoms with Crippen LogP contribution in [0.4, 0.5) is 0 Å². The Morgan fingerprint density at radius 3 is 2.47 bits per heavy atom. The van der Waals surface area contributed by atoms with Crippen LogP contribution >= 0.6 is 12.2 Å². The van der Waals surface area contributed by atoms with E-state index in [1.807, 2.05) is 48.5 Å². The first-order valence-corrected chi connectivity index (χ1v) is 12.0. The zero-order chi connectivity index (χ0) is 24.5. The number of aromatic amines is 1. The van der Waals surface area contributed by atoms with Crippen molar-refractivity contribution in [3.63, 3.8) is 0 Å². The number of benzene rings is 2. The van der Waals surface area contributed by atoms with Crippen LogP contribution in [0.25, 0.3) is 10.9 Å². The van der Waals surface area contributed by atoms with Crippen molar-refractivity contribution in [2.75, 3.05) is 0 Å². The number of fused-ring (bicyclic) bond motifs is 1. The summed E-state index contributed by atoms with van der Waals surface area (Å²) in [7, 11) is 0. The zero-order valence-electron chi connectivity index (χ0n) is 19.6. The van der Waals surface area contributed by atoms with E-state index in [0.29, 0.717) is 29.5 Å². The highest BCUT2D eigenvalue weighted by atomic mass is 32.1. The highest BCUT2D eigenvalue weighted by Crippen LogP contribution is 2.18. The Bertz CT molecular complexity index is 1230. The molecule has 1 amide bonds. The number of esters is 1. The second-order valence-electron chi connectivity index (χ2n) is 8.52. The number of unbranched alkanes of at least 4 members (excludes halogenated alkanes) is 2. The number of nitrogens with one attached hydrogen (secondary N) is 2. The van der Waals surface area contributed by atoms with Gasteiger partial charge in [-0.25, -0.2) is 0 Å². The van der Waals surface area contributed by atoms with Crippen LogP contribution < -0.4 is 10.9 Å². The Labute approximate surface area is 204 Å². The molecule has 0 aliphatic rings. The molecule has 1 aromatic heterocycles. The van der Waals surface area contributed by atoms with E-state index in [-0.39, 0.29) is 30.0 Å². The standard InChI is InChI=1S/C26H31N3O4S/c1-18(2)33-24(31)17-22(19-11-5-3-6-12-19)27-23(30)15-7-4-10-16-29-25(32)20-13-8-9-14-21(20)28-26(29)34/h3,5-6,8-9,11-14,18,22H,4,7,10,15-17H2,1-2H3,(H,27,30)(H,28,34). The van der Waals surface area contributed by atoms with E-state index in [2.05, 4.69) is 10.3 Å². The summed E-state index contributed by atoms with van der Waals surface area (Å²) < 4.78 is 7.23. The summed E-state index contributed by atoms with van der Waals surface area (Å²) in [6, 6.07) is 16.3. The van der Waals surface area contributed by atoms with Crippen LogP contribution in [-0.4, -0.2) is 27.5 Å². The second kappa shape index (κ2) is 12.3. The van der Waals surface area contributed by atoms with Crippen molar-refractivity contribution in [1.29, 1.82) is 0 Å². The number of nitrogens with zero attached hydrogens (tertiary/aromatic N) is 1. The molecule has 0 aliphatic heterocycles. The van der Waals surface area contributed by atoms with Gasteiger partial charge in [-0.15, -0.1) is 0 Å². The molecule has 0 saturated carbocycles. The molecule has 0 radical (unpaired) electrons. The fourth-order valence-corrected chi connectivity index (χ4v) is 4.10. The van der Waals surface area contributed by atoms with E-state index in [1.54, 1.807) is 24.5 Å². The van der Waals surface area contributed by atoms with Crippen molar-refractivity contribution in [3.05, 3.63) is 75.3 Å². The molecule has 2 aromatic carbocycles. The molecule has 0 saturated heterocycles. The van der Waals surface area contributed by atoms with Gasteiger partial charge in [0.2, 0.25) is 5.91 Å². The van der Waals surface area contributed by atoms with Gasteiger partial charge in [0.15, 0.2) is 4.77 Å². The predicted molar refractivity (Wildman–Crippen MR) is 135 cm³/mol. The van der Waals surface area contributed by atoms with Crippen molar-refractivity contribution in [2.45, 2.75) is 64.6 Å². The van der Waals surface area contributed by atoms with Crippen LogP contribution in [0.1, 0.15) is 57.6 Å².